The average molecular weight is 317 g/mol. The van der Waals surface area contributed by atoms with Crippen LogP contribution >= 0.6 is 0 Å². The first-order chi connectivity index (χ1) is 11.0. The molecule has 1 aromatic carbocycles. The summed E-state index contributed by atoms with van der Waals surface area (Å²) >= 11 is 0. The van der Waals surface area contributed by atoms with E-state index in [1.807, 2.05) is 6.07 Å². The highest BCUT2D eigenvalue weighted by atomic mass is 16.7. The first-order valence-electron chi connectivity index (χ1n) is 6.81. The van der Waals surface area contributed by atoms with Crippen molar-refractivity contribution >= 4 is 17.5 Å². The summed E-state index contributed by atoms with van der Waals surface area (Å²) in [5.74, 6) is -0.648. The van der Waals surface area contributed by atoms with Gasteiger partial charge < -0.3 is 10.6 Å². The molecule has 0 saturated carbocycles. The van der Waals surface area contributed by atoms with E-state index in [2.05, 4.69) is 10.3 Å². The number of hydrogen-bond acceptors (Lipinski definition) is 6. The predicted molar refractivity (Wildman–Crippen MR) is 81.5 cm³/mol. The lowest BCUT2D eigenvalue weighted by molar-refractivity contribution is -0.385. The van der Waals surface area contributed by atoms with Crippen LogP contribution < -0.4 is 5.73 Å². The number of oxime groups is 1. The summed E-state index contributed by atoms with van der Waals surface area (Å²) in [5, 5.41) is 18.1. The molecule has 0 aliphatic heterocycles. The quantitative estimate of drug-likeness (QED) is 0.283. The summed E-state index contributed by atoms with van der Waals surface area (Å²) in [5.41, 5.74) is 6.14. The van der Waals surface area contributed by atoms with Crippen molar-refractivity contribution in [2.75, 3.05) is 0 Å². The second-order valence-corrected chi connectivity index (χ2v) is 4.61. The van der Waals surface area contributed by atoms with E-state index < -0.39 is 16.9 Å². The number of hydrogen-bond donors (Lipinski definition) is 1. The van der Waals surface area contributed by atoms with Crippen molar-refractivity contribution in [2.24, 2.45) is 10.9 Å². The molecule has 1 atom stereocenters. The number of carbonyl (C=O) groups is 1. The van der Waals surface area contributed by atoms with Gasteiger partial charge in [-0.05, 0) is 6.42 Å². The van der Waals surface area contributed by atoms with Gasteiger partial charge in [0.1, 0.15) is 12.4 Å². The molecule has 9 heteroatoms. The van der Waals surface area contributed by atoms with Crippen LogP contribution in [0.4, 0.5) is 5.69 Å². The molecular weight excluding hydrogens is 302 g/mol. The fourth-order valence-corrected chi connectivity index (χ4v) is 1.87. The van der Waals surface area contributed by atoms with Crippen LogP contribution in [0.1, 0.15) is 24.9 Å². The van der Waals surface area contributed by atoms with Crippen LogP contribution in [0.15, 0.2) is 47.9 Å². The minimum absolute atomic E-state index is 0.0558. The summed E-state index contributed by atoms with van der Waals surface area (Å²) in [4.78, 5) is 27.0. The highest BCUT2D eigenvalue weighted by Gasteiger charge is 2.24. The van der Waals surface area contributed by atoms with E-state index in [1.54, 1.807) is 31.2 Å². The van der Waals surface area contributed by atoms with Crippen molar-refractivity contribution in [3.63, 3.8) is 0 Å². The van der Waals surface area contributed by atoms with Gasteiger partial charge in [0.15, 0.2) is 11.9 Å². The summed E-state index contributed by atoms with van der Waals surface area (Å²) in [6.45, 7) is 1.73. The first kappa shape index (κ1) is 16.1. The number of carbonyl (C=O) groups excluding carboxylic acids is 1. The third-order valence-corrected chi connectivity index (χ3v) is 3.08. The third kappa shape index (κ3) is 3.90. The van der Waals surface area contributed by atoms with Gasteiger partial charge in [-0.3, -0.25) is 14.8 Å². The fourth-order valence-electron chi connectivity index (χ4n) is 1.87. The molecule has 0 saturated heterocycles. The molecule has 9 nitrogen and oxygen atoms in total. The molecule has 0 amide bonds. The molecule has 2 aromatic rings. The van der Waals surface area contributed by atoms with E-state index in [-0.39, 0.29) is 11.5 Å². The van der Waals surface area contributed by atoms with Crippen molar-refractivity contribution in [1.29, 1.82) is 0 Å². The molecule has 1 unspecified atom stereocenters. The van der Waals surface area contributed by atoms with Crippen LogP contribution in [0.25, 0.3) is 0 Å². The highest BCUT2D eigenvalue weighted by Crippen LogP contribution is 2.17. The van der Waals surface area contributed by atoms with Crippen LogP contribution in [0.5, 0.6) is 0 Å². The van der Waals surface area contributed by atoms with E-state index in [4.69, 9.17) is 10.6 Å². The van der Waals surface area contributed by atoms with Crippen molar-refractivity contribution in [2.45, 2.75) is 19.4 Å². The topological polar surface area (TPSA) is 126 Å². The van der Waals surface area contributed by atoms with E-state index in [1.165, 1.54) is 10.9 Å². The van der Waals surface area contributed by atoms with Gasteiger partial charge in [-0.1, -0.05) is 42.4 Å². The fraction of sp³-hybridized carbons (Fsp3) is 0.214. The molecule has 23 heavy (non-hydrogen) atoms. The van der Waals surface area contributed by atoms with Crippen molar-refractivity contribution in [3.05, 3.63) is 58.4 Å². The van der Waals surface area contributed by atoms with Gasteiger partial charge in [-0.15, -0.1) is 0 Å². The number of nitrogens with zero attached hydrogens (tertiary/aromatic N) is 4. The lowest BCUT2D eigenvalue weighted by Gasteiger charge is -2.11. The molecular formula is C14H15N5O4. The van der Waals surface area contributed by atoms with Crippen LogP contribution in [0.2, 0.25) is 0 Å². The largest absolute Gasteiger partial charge is 0.380 e. The summed E-state index contributed by atoms with van der Waals surface area (Å²) in [6.07, 6.45) is 2.57. The van der Waals surface area contributed by atoms with Gasteiger partial charge >= 0.3 is 11.7 Å². The van der Waals surface area contributed by atoms with E-state index in [0.29, 0.717) is 12.0 Å². The normalized spacial score (nSPS) is 12.7. The first-order valence-corrected chi connectivity index (χ1v) is 6.81. The number of nitro groups is 1. The Bertz CT molecular complexity index is 726. The van der Waals surface area contributed by atoms with Crippen LogP contribution in [-0.2, 0) is 9.63 Å². The molecule has 2 rings (SSSR count). The number of amidine groups is 1. The Morgan fingerprint density at radius 1 is 1.48 bits per heavy atom. The smallest absolute Gasteiger partial charge is 0.359 e. The molecule has 1 aromatic heterocycles. The molecule has 1 heterocycles. The Labute approximate surface area is 131 Å². The van der Waals surface area contributed by atoms with Crippen LogP contribution in [0.3, 0.4) is 0 Å². The minimum Gasteiger partial charge on any atom is -0.380 e. The summed E-state index contributed by atoms with van der Waals surface area (Å²) in [6, 6.07) is 7.99. The average Bonchev–Trinajstić information content (AvgIpc) is 3.04. The number of nitrogens with two attached hydrogens (primary N) is 1. The number of rotatable bonds is 6. The summed E-state index contributed by atoms with van der Waals surface area (Å²) in [7, 11) is 0. The van der Waals surface area contributed by atoms with E-state index in [9.17, 15) is 14.9 Å². The van der Waals surface area contributed by atoms with Crippen LogP contribution in [-0.4, -0.2) is 26.5 Å². The SMILES string of the molecule is CCC(C(=O)O/N=C(\N)c1ccccc1)n1cc([N+](=O)[O-])cn1. The van der Waals surface area contributed by atoms with Crippen LogP contribution in [0, 0.1) is 10.1 Å². The number of aromatic nitrogens is 2. The van der Waals surface area contributed by atoms with Gasteiger partial charge in [0.25, 0.3) is 0 Å². The lowest BCUT2D eigenvalue weighted by Crippen LogP contribution is -2.22. The van der Waals surface area contributed by atoms with Gasteiger partial charge in [0, 0.05) is 5.56 Å². The van der Waals surface area contributed by atoms with Crippen molar-refractivity contribution in [1.82, 2.24) is 9.78 Å². The van der Waals surface area contributed by atoms with E-state index >= 15 is 0 Å². The maximum Gasteiger partial charge on any atom is 0.359 e. The highest BCUT2D eigenvalue weighted by molar-refractivity contribution is 5.97. The Morgan fingerprint density at radius 3 is 2.74 bits per heavy atom. The Morgan fingerprint density at radius 2 is 2.17 bits per heavy atom. The number of benzene rings is 1. The zero-order chi connectivity index (χ0) is 16.8. The lowest BCUT2D eigenvalue weighted by atomic mass is 10.2. The predicted octanol–water partition coefficient (Wildman–Crippen LogP) is 1.61. The summed E-state index contributed by atoms with van der Waals surface area (Å²) < 4.78 is 1.18. The Kier molecular flexibility index (Phi) is 5.03. The second kappa shape index (κ2) is 7.16. The molecule has 0 radical (unpaired) electrons. The molecule has 0 spiro atoms. The Hall–Kier alpha value is -3.23. The second-order valence-electron chi connectivity index (χ2n) is 4.61. The van der Waals surface area contributed by atoms with Gasteiger partial charge in [0.05, 0.1) is 4.92 Å². The molecule has 0 aliphatic carbocycles. The maximum atomic E-state index is 12.1. The zero-order valence-electron chi connectivity index (χ0n) is 12.3. The van der Waals surface area contributed by atoms with Crippen molar-refractivity contribution < 1.29 is 14.6 Å². The third-order valence-electron chi connectivity index (χ3n) is 3.08. The molecule has 0 aliphatic rings. The molecule has 0 fully saturated rings. The zero-order valence-corrected chi connectivity index (χ0v) is 12.3. The van der Waals surface area contributed by atoms with Crippen molar-refractivity contribution in [3.8, 4) is 0 Å². The monoisotopic (exact) mass is 317 g/mol. The molecule has 2 N–H and O–H groups in total. The molecule has 120 valence electrons. The van der Waals surface area contributed by atoms with Gasteiger partial charge in [-0.25, -0.2) is 4.79 Å². The van der Waals surface area contributed by atoms with Gasteiger partial charge in [0.2, 0.25) is 0 Å². The molecule has 0 bridgehead atoms. The van der Waals surface area contributed by atoms with Gasteiger partial charge in [-0.2, -0.15) is 5.10 Å². The maximum absolute atomic E-state index is 12.1. The van der Waals surface area contributed by atoms with E-state index in [0.717, 1.165) is 6.20 Å². The standard InChI is InChI=1S/C14H15N5O4/c1-2-12(18-9-11(8-16-18)19(21)22)14(20)23-17-13(15)10-6-4-3-5-7-10/h3-9,12H,2H2,1H3,(H2,15,17). The minimum atomic E-state index is -0.823. The Balaban J connectivity index is 2.09.